The largest absolute Gasteiger partial charge is 0.653 e. The Morgan fingerprint density at radius 2 is 1.66 bits per heavy atom. The number of carbonyl (C=O) groups is 3. The van der Waals surface area contributed by atoms with Crippen LogP contribution in [0.25, 0.3) is 5.73 Å². The number of hydrogen-bond donors (Lipinski definition) is 1. The van der Waals surface area contributed by atoms with E-state index < -0.39 is 41.6 Å². The maximum atomic E-state index is 12.3. The van der Waals surface area contributed by atoms with Crippen molar-refractivity contribution in [3.8, 4) is 0 Å². The second-order valence-corrected chi connectivity index (χ2v) is 8.57. The van der Waals surface area contributed by atoms with Gasteiger partial charge >= 0.3 is 18.0 Å². The number of alkyl carbamates (subject to hydrolysis) is 1. The summed E-state index contributed by atoms with van der Waals surface area (Å²) in [5.74, 6) is -1.73. The Labute approximate surface area is 225 Å². The van der Waals surface area contributed by atoms with Gasteiger partial charge in [0.2, 0.25) is 0 Å². The summed E-state index contributed by atoms with van der Waals surface area (Å²) < 4.78 is 20.4. The molecule has 11 heteroatoms. The zero-order valence-corrected chi connectivity index (χ0v) is 24.7. The van der Waals surface area contributed by atoms with Gasteiger partial charge in [0, 0.05) is 56.5 Å². The van der Waals surface area contributed by atoms with Gasteiger partial charge in [0.15, 0.2) is 0 Å². The molecule has 1 rings (SSSR count). The zero-order valence-electron chi connectivity index (χ0n) is 19.9. The van der Waals surface area contributed by atoms with Crippen LogP contribution in [0.4, 0.5) is 4.79 Å². The molecule has 179 valence electrons. The maximum absolute atomic E-state index is 12.3. The van der Waals surface area contributed by atoms with E-state index in [-0.39, 0.29) is 69.0 Å². The van der Waals surface area contributed by atoms with E-state index in [0.717, 1.165) is 0 Å². The maximum Gasteiger partial charge on any atom is 0.408 e. The first kappa shape index (κ1) is 30.8. The van der Waals surface area contributed by atoms with Crippen LogP contribution in [0.3, 0.4) is 0 Å². The van der Waals surface area contributed by atoms with Crippen molar-refractivity contribution in [3.05, 3.63) is 23.3 Å². The molecule has 32 heavy (non-hydrogen) atoms. The molecule has 0 saturated carbocycles. The van der Waals surface area contributed by atoms with Crippen molar-refractivity contribution in [1.29, 1.82) is 0 Å². The summed E-state index contributed by atoms with van der Waals surface area (Å²) >= 11 is 0. The molecule has 0 bridgehead atoms. The number of hydrogen-bond acceptors (Lipinski definition) is 8. The Hall–Kier alpha value is -1.18. The molecule has 1 aromatic rings. The summed E-state index contributed by atoms with van der Waals surface area (Å²) in [7, 11) is 0. The number of nitrogens with one attached hydrogen (secondary N) is 2. The SMILES string of the molecule is CCOC(=O)C([NH-])(Cc1cc(C(CC(C)C)NC(=O)OC(C)(C)C)no1)C(=O)OCC.[Ac]. The minimum atomic E-state index is -2.32. The summed E-state index contributed by atoms with van der Waals surface area (Å²) in [6.07, 6.45) is -0.471. The number of aromatic nitrogens is 1. The average molecular weight is 668 g/mol. The molecule has 0 saturated heterocycles. The predicted molar refractivity (Wildman–Crippen MR) is 112 cm³/mol. The molecular formula is C21H34AcN3O7-. The smallest absolute Gasteiger partial charge is 0.408 e. The van der Waals surface area contributed by atoms with E-state index >= 15 is 0 Å². The van der Waals surface area contributed by atoms with Gasteiger partial charge in [-0.1, -0.05) is 19.0 Å². The fourth-order valence-electron chi connectivity index (χ4n) is 2.75. The molecule has 1 aromatic heterocycles. The summed E-state index contributed by atoms with van der Waals surface area (Å²) in [5, 5.41) is 6.75. The molecule has 0 aliphatic carbocycles. The van der Waals surface area contributed by atoms with Crippen LogP contribution in [0.5, 0.6) is 0 Å². The van der Waals surface area contributed by atoms with Gasteiger partial charge < -0.3 is 29.8 Å². The van der Waals surface area contributed by atoms with Crippen LogP contribution in [-0.4, -0.2) is 47.5 Å². The van der Waals surface area contributed by atoms with Crippen molar-refractivity contribution in [1.82, 2.24) is 10.5 Å². The molecule has 1 unspecified atom stereocenters. The van der Waals surface area contributed by atoms with Crippen molar-refractivity contribution < 1.29 is 77.2 Å². The molecule has 1 heterocycles. The second-order valence-electron chi connectivity index (χ2n) is 8.57. The Morgan fingerprint density at radius 1 is 1.12 bits per heavy atom. The summed E-state index contributed by atoms with van der Waals surface area (Å²) in [5.41, 5.74) is 5.80. The first-order valence-electron chi connectivity index (χ1n) is 10.4. The Balaban J connectivity index is 0.00000961. The van der Waals surface area contributed by atoms with Crippen LogP contribution >= 0.6 is 0 Å². The van der Waals surface area contributed by atoms with Crippen LogP contribution in [0.15, 0.2) is 10.6 Å². The number of rotatable bonds is 10. The second kappa shape index (κ2) is 13.5. The van der Waals surface area contributed by atoms with Gasteiger partial charge in [-0.15, -0.1) is 0 Å². The Bertz CT molecular complexity index is 741. The van der Waals surface area contributed by atoms with Crippen molar-refractivity contribution in [2.24, 2.45) is 5.92 Å². The third-order valence-electron chi connectivity index (χ3n) is 4.02. The van der Waals surface area contributed by atoms with E-state index in [1.54, 1.807) is 34.6 Å². The van der Waals surface area contributed by atoms with Gasteiger partial charge in [-0.05, 0) is 47.0 Å². The van der Waals surface area contributed by atoms with E-state index in [0.29, 0.717) is 12.1 Å². The fraction of sp³-hybridized carbons (Fsp3) is 0.714. The van der Waals surface area contributed by atoms with Crippen LogP contribution in [0.1, 0.15) is 72.4 Å². The molecule has 0 fully saturated rings. The Morgan fingerprint density at radius 3 is 2.09 bits per heavy atom. The van der Waals surface area contributed by atoms with Gasteiger partial charge in [-0.25, -0.2) is 4.79 Å². The molecule has 0 aliphatic heterocycles. The van der Waals surface area contributed by atoms with Crippen LogP contribution in [0.2, 0.25) is 0 Å². The third kappa shape index (κ3) is 9.76. The number of ether oxygens (including phenoxy) is 3. The average Bonchev–Trinajstić information content (AvgIpc) is 3.07. The standard InChI is InChI=1S/C21H34N3O7.Ac/c1-8-28-17(25)21(22,18(26)29-9-2)12-14-11-16(24-31-14)15(10-13(3)4)23-19(27)30-20(5,6)7;/h11,13,15,22H,8-10,12H2,1-7H3,(H,23,27);/q-1;. The number of nitrogens with zero attached hydrogens (tertiary/aromatic N) is 1. The quantitative estimate of drug-likeness (QED) is 0.226. The molecule has 1 atom stereocenters. The van der Waals surface area contributed by atoms with Crippen molar-refractivity contribution in [3.63, 3.8) is 0 Å². The van der Waals surface area contributed by atoms with Crippen molar-refractivity contribution in [2.75, 3.05) is 13.2 Å². The van der Waals surface area contributed by atoms with Gasteiger partial charge in [0.05, 0.1) is 24.8 Å². The minimum Gasteiger partial charge on any atom is -0.653 e. The van der Waals surface area contributed by atoms with Gasteiger partial charge in [-0.3, -0.25) is 9.59 Å². The van der Waals surface area contributed by atoms with Gasteiger partial charge in [-0.2, -0.15) is 0 Å². The molecule has 1 radical (unpaired) electrons. The van der Waals surface area contributed by atoms with Gasteiger partial charge in [0.25, 0.3) is 0 Å². The molecule has 1 amide bonds. The van der Waals surface area contributed by atoms with E-state index in [2.05, 4.69) is 10.5 Å². The van der Waals surface area contributed by atoms with Crippen LogP contribution in [0, 0.1) is 50.0 Å². The number of esters is 2. The zero-order chi connectivity index (χ0) is 23.8. The first-order valence-corrected chi connectivity index (χ1v) is 10.4. The fourth-order valence-corrected chi connectivity index (χ4v) is 2.75. The molecule has 10 nitrogen and oxygen atoms in total. The van der Waals surface area contributed by atoms with Crippen molar-refractivity contribution in [2.45, 2.75) is 78.5 Å². The van der Waals surface area contributed by atoms with E-state index in [9.17, 15) is 14.4 Å². The first-order chi connectivity index (χ1) is 14.3. The monoisotopic (exact) mass is 667 g/mol. The summed E-state index contributed by atoms with van der Waals surface area (Å²) in [4.78, 5) is 36.8. The van der Waals surface area contributed by atoms with Crippen LogP contribution in [-0.2, 0) is 30.2 Å². The van der Waals surface area contributed by atoms with Gasteiger partial charge in [0.1, 0.15) is 17.1 Å². The molecule has 0 aromatic carbocycles. The Kier molecular flexibility index (Phi) is 13.0. The van der Waals surface area contributed by atoms with E-state index in [1.165, 1.54) is 6.07 Å². The normalized spacial score (nSPS) is 12.5. The predicted octanol–water partition coefficient (Wildman–Crippen LogP) is 3.75. The minimum absolute atomic E-state index is 0. The molecule has 0 aliphatic rings. The number of carbonyl (C=O) groups excluding carboxylic acids is 3. The molecule has 2 N–H and O–H groups in total. The third-order valence-corrected chi connectivity index (χ3v) is 4.02. The van der Waals surface area contributed by atoms with Crippen LogP contribution < -0.4 is 5.32 Å². The van der Waals surface area contributed by atoms with E-state index in [1.807, 2.05) is 13.8 Å². The summed E-state index contributed by atoms with van der Waals surface area (Å²) in [6, 6.07) is 0.990. The number of amides is 1. The molecular weight excluding hydrogens is 633 g/mol. The summed E-state index contributed by atoms with van der Waals surface area (Å²) in [6.45, 7) is 12.4. The van der Waals surface area contributed by atoms with E-state index in [4.69, 9.17) is 24.5 Å². The molecule has 0 spiro atoms. The van der Waals surface area contributed by atoms with Crippen molar-refractivity contribution >= 4 is 18.0 Å². The topological polar surface area (TPSA) is 141 Å².